The third kappa shape index (κ3) is 4.92. The molecule has 1 aliphatic heterocycles. The van der Waals surface area contributed by atoms with Gasteiger partial charge in [0.05, 0.1) is 28.5 Å². The van der Waals surface area contributed by atoms with Gasteiger partial charge in [-0.1, -0.05) is 11.6 Å². The first-order chi connectivity index (χ1) is 17.4. The van der Waals surface area contributed by atoms with Crippen LogP contribution in [0.3, 0.4) is 0 Å². The Balaban J connectivity index is 1.53. The molecule has 1 aliphatic carbocycles. The van der Waals surface area contributed by atoms with Crippen molar-refractivity contribution >= 4 is 46.3 Å². The molecule has 3 aromatic rings. The van der Waals surface area contributed by atoms with Crippen LogP contribution in [0.2, 0.25) is 5.02 Å². The number of rotatable bonds is 6. The lowest BCUT2D eigenvalue weighted by Crippen LogP contribution is -2.29. The van der Waals surface area contributed by atoms with Crippen LogP contribution in [0.1, 0.15) is 50.1 Å². The van der Waals surface area contributed by atoms with Gasteiger partial charge < -0.3 is 21.1 Å². The molecule has 2 aromatic heterocycles. The molecule has 5 rings (SSSR count). The quantitative estimate of drug-likeness (QED) is 0.449. The normalized spacial score (nSPS) is 20.7. The molecule has 2 fully saturated rings. The van der Waals surface area contributed by atoms with E-state index >= 15 is 0 Å². The molecule has 10 nitrogen and oxygen atoms in total. The number of nitrogens with two attached hydrogens (primary N) is 1. The number of carbonyl (C=O) groups is 1. The summed E-state index contributed by atoms with van der Waals surface area (Å²) >= 11 is 6.30. The van der Waals surface area contributed by atoms with Crippen LogP contribution in [0, 0.1) is 23.1 Å². The monoisotopic (exact) mass is 512 g/mol. The molecule has 0 atom stereocenters. The van der Waals surface area contributed by atoms with Crippen molar-refractivity contribution in [3.05, 3.63) is 34.7 Å². The molecule has 3 heterocycles. The Kier molecular flexibility index (Phi) is 6.89. The Morgan fingerprint density at radius 3 is 2.61 bits per heavy atom. The van der Waals surface area contributed by atoms with Crippen LogP contribution in [-0.2, 0) is 9.53 Å². The van der Waals surface area contributed by atoms with Crippen molar-refractivity contribution in [3.63, 3.8) is 0 Å². The van der Waals surface area contributed by atoms with Gasteiger partial charge in [0.25, 0.3) is 0 Å². The second-order valence-electron chi connectivity index (χ2n) is 9.20. The maximum absolute atomic E-state index is 14.8. The van der Waals surface area contributed by atoms with Crippen LogP contribution in [0.4, 0.5) is 22.0 Å². The first-order valence-electron chi connectivity index (χ1n) is 12.0. The van der Waals surface area contributed by atoms with E-state index in [0.29, 0.717) is 62.0 Å². The van der Waals surface area contributed by atoms with Gasteiger partial charge in [0.1, 0.15) is 11.3 Å². The molecule has 4 N–H and O–H groups in total. The second kappa shape index (κ2) is 10.2. The van der Waals surface area contributed by atoms with E-state index in [2.05, 4.69) is 20.6 Å². The third-order valence-electron chi connectivity index (χ3n) is 6.86. The topological polar surface area (TPSA) is 144 Å². The van der Waals surface area contributed by atoms with Gasteiger partial charge in [-0.2, -0.15) is 10.2 Å². The van der Waals surface area contributed by atoms with Crippen LogP contribution in [-0.4, -0.2) is 44.7 Å². The lowest BCUT2D eigenvalue weighted by atomic mass is 9.85. The number of nitrogens with zero attached hydrogens (tertiary/aromatic N) is 5. The van der Waals surface area contributed by atoms with Crippen molar-refractivity contribution in [1.82, 2.24) is 19.5 Å². The standard InChI is InChI=1S/C24H26ClFN8O2/c25-17-9-13(11-27)10-18(26)20(17)32-24-31-19-12-29-23(30-15-5-7-36-8-6-15)33-22(19)34(24)16-3-1-14(2-4-16)21(28)35/h9-10,12,14-16H,1-8H2,(H2,28,35)(H,31,32)(H,29,30,33)/t14-,16-. The van der Waals surface area contributed by atoms with Crippen LogP contribution < -0.4 is 16.4 Å². The summed E-state index contributed by atoms with van der Waals surface area (Å²) in [6, 6.07) is 4.58. The van der Waals surface area contributed by atoms with Crippen molar-refractivity contribution in [2.45, 2.75) is 50.6 Å². The fraction of sp³-hybridized carbons (Fsp3) is 0.458. The number of primary amides is 1. The van der Waals surface area contributed by atoms with E-state index in [9.17, 15) is 9.18 Å². The van der Waals surface area contributed by atoms with Gasteiger partial charge in [-0.25, -0.2) is 14.4 Å². The molecule has 12 heteroatoms. The summed E-state index contributed by atoms with van der Waals surface area (Å²) in [7, 11) is 0. The fourth-order valence-corrected chi connectivity index (χ4v) is 5.16. The number of fused-ring (bicyclic) bond motifs is 1. The van der Waals surface area contributed by atoms with Crippen LogP contribution >= 0.6 is 11.6 Å². The number of hydrogen-bond acceptors (Lipinski definition) is 8. The highest BCUT2D eigenvalue weighted by Crippen LogP contribution is 2.38. The number of halogens is 2. The van der Waals surface area contributed by atoms with Crippen molar-refractivity contribution in [1.29, 1.82) is 5.26 Å². The Morgan fingerprint density at radius 2 is 1.94 bits per heavy atom. The predicted molar refractivity (Wildman–Crippen MR) is 132 cm³/mol. The first-order valence-corrected chi connectivity index (χ1v) is 12.4. The van der Waals surface area contributed by atoms with Gasteiger partial charge in [0, 0.05) is 31.2 Å². The van der Waals surface area contributed by atoms with Gasteiger partial charge in [-0.05, 0) is 50.7 Å². The molecule has 0 unspecified atom stereocenters. The van der Waals surface area contributed by atoms with Crippen molar-refractivity contribution < 1.29 is 13.9 Å². The average molecular weight is 513 g/mol. The molecule has 36 heavy (non-hydrogen) atoms. The first kappa shape index (κ1) is 24.2. The highest BCUT2D eigenvalue weighted by molar-refractivity contribution is 6.33. The van der Waals surface area contributed by atoms with Crippen molar-refractivity contribution in [3.8, 4) is 6.07 Å². The van der Waals surface area contributed by atoms with E-state index in [4.69, 9.17) is 32.3 Å². The second-order valence-corrected chi connectivity index (χ2v) is 9.61. The number of anilines is 3. The fourth-order valence-electron chi connectivity index (χ4n) is 4.91. The molecule has 2 aliphatic rings. The summed E-state index contributed by atoms with van der Waals surface area (Å²) in [6.45, 7) is 1.37. The molecule has 0 spiro atoms. The van der Waals surface area contributed by atoms with Crippen LogP contribution in [0.15, 0.2) is 18.3 Å². The van der Waals surface area contributed by atoms with E-state index in [1.54, 1.807) is 6.20 Å². The average Bonchev–Trinajstić information content (AvgIpc) is 3.24. The zero-order valence-electron chi connectivity index (χ0n) is 19.5. The summed E-state index contributed by atoms with van der Waals surface area (Å²) in [6.07, 6.45) is 6.01. The molecule has 1 amide bonds. The van der Waals surface area contributed by atoms with E-state index in [1.165, 1.54) is 6.07 Å². The number of amides is 1. The van der Waals surface area contributed by atoms with Crippen molar-refractivity contribution in [2.75, 3.05) is 23.8 Å². The highest BCUT2D eigenvalue weighted by atomic mass is 35.5. The van der Waals surface area contributed by atoms with E-state index in [0.717, 1.165) is 18.9 Å². The summed E-state index contributed by atoms with van der Waals surface area (Å²) in [4.78, 5) is 25.6. The summed E-state index contributed by atoms with van der Waals surface area (Å²) in [5.41, 5.74) is 6.80. The largest absolute Gasteiger partial charge is 0.381 e. The van der Waals surface area contributed by atoms with E-state index < -0.39 is 5.82 Å². The summed E-state index contributed by atoms with van der Waals surface area (Å²) < 4.78 is 22.2. The molecule has 0 radical (unpaired) electrons. The van der Waals surface area contributed by atoms with Gasteiger partial charge in [-0.3, -0.25) is 9.36 Å². The number of imidazole rings is 1. The predicted octanol–water partition coefficient (Wildman–Crippen LogP) is 4.04. The van der Waals surface area contributed by atoms with Crippen LogP contribution in [0.25, 0.3) is 11.2 Å². The smallest absolute Gasteiger partial charge is 0.224 e. The maximum atomic E-state index is 14.8. The van der Waals surface area contributed by atoms with Gasteiger partial charge >= 0.3 is 0 Å². The number of benzene rings is 1. The highest BCUT2D eigenvalue weighted by Gasteiger charge is 2.29. The van der Waals surface area contributed by atoms with Gasteiger partial charge in [0.15, 0.2) is 5.65 Å². The number of hydrogen-bond donors (Lipinski definition) is 3. The minimum atomic E-state index is -0.664. The summed E-state index contributed by atoms with van der Waals surface area (Å²) in [5.74, 6) is -0.286. The maximum Gasteiger partial charge on any atom is 0.224 e. The lowest BCUT2D eigenvalue weighted by Gasteiger charge is -2.29. The number of nitrogens with one attached hydrogen (secondary N) is 2. The molecule has 1 aromatic carbocycles. The zero-order chi connectivity index (χ0) is 25.2. The molecular formula is C24H26ClFN8O2. The SMILES string of the molecule is N#Cc1cc(F)c(Nc2nc3cnc(NC4CCOCC4)nc3n2[C@H]2CC[C@H](C(N)=O)CC2)c(Cl)c1. The van der Waals surface area contributed by atoms with Crippen molar-refractivity contribution in [2.24, 2.45) is 11.7 Å². The van der Waals surface area contributed by atoms with Gasteiger partial charge in [-0.15, -0.1) is 0 Å². The van der Waals surface area contributed by atoms with Crippen LogP contribution in [0.5, 0.6) is 0 Å². The molecule has 0 bridgehead atoms. The number of ether oxygens (including phenoxy) is 1. The molecule has 188 valence electrons. The molecule has 1 saturated carbocycles. The van der Waals surface area contributed by atoms with E-state index in [-0.39, 0.29) is 40.2 Å². The molecular weight excluding hydrogens is 487 g/mol. The number of aromatic nitrogens is 4. The third-order valence-corrected chi connectivity index (χ3v) is 7.16. The minimum absolute atomic E-state index is 0.0200. The zero-order valence-corrected chi connectivity index (χ0v) is 20.3. The Labute approximate surface area is 212 Å². The lowest BCUT2D eigenvalue weighted by molar-refractivity contribution is -0.122. The number of carbonyl (C=O) groups excluding carboxylic acids is 1. The Morgan fingerprint density at radius 1 is 1.19 bits per heavy atom. The minimum Gasteiger partial charge on any atom is -0.381 e. The number of nitriles is 1. The Bertz CT molecular complexity index is 1300. The summed E-state index contributed by atoms with van der Waals surface area (Å²) in [5, 5.41) is 15.6. The molecule has 1 saturated heterocycles. The van der Waals surface area contributed by atoms with E-state index in [1.807, 2.05) is 10.6 Å². The van der Waals surface area contributed by atoms with Gasteiger partial charge in [0.2, 0.25) is 17.8 Å². The Hall–Kier alpha value is -3.49.